The fourth-order valence-electron chi connectivity index (χ4n) is 1.68. The molecule has 2 aromatic rings. The van der Waals surface area contributed by atoms with Crippen LogP contribution in [0, 0.1) is 0 Å². The average molecular weight is 235 g/mol. The van der Waals surface area contributed by atoms with Crippen molar-refractivity contribution in [3.63, 3.8) is 0 Å². The molecule has 0 bridgehead atoms. The Balaban J connectivity index is 1.78. The topological polar surface area (TPSA) is 29.9 Å². The third-order valence-corrected chi connectivity index (χ3v) is 3.75. The van der Waals surface area contributed by atoms with Crippen molar-refractivity contribution in [1.29, 1.82) is 0 Å². The van der Waals surface area contributed by atoms with Crippen molar-refractivity contribution in [1.82, 2.24) is 14.9 Å². The molecule has 1 N–H and O–H groups in total. The Bertz CT molecular complexity index is 419. The molecule has 0 aliphatic heterocycles. The first-order valence-corrected chi connectivity index (χ1v) is 6.38. The van der Waals surface area contributed by atoms with E-state index in [4.69, 9.17) is 0 Å². The first-order chi connectivity index (χ1) is 7.77. The smallest absolute Gasteiger partial charge is 0.109 e. The molecule has 0 saturated carbocycles. The van der Waals surface area contributed by atoms with E-state index in [0.717, 1.165) is 18.8 Å². The maximum Gasteiger partial charge on any atom is 0.109 e. The van der Waals surface area contributed by atoms with Gasteiger partial charge in [-0.2, -0.15) is 0 Å². The highest BCUT2D eigenvalue weighted by Crippen LogP contribution is 2.17. The third-order valence-electron chi connectivity index (χ3n) is 2.69. The molecule has 2 aromatic heterocycles. The second kappa shape index (κ2) is 5.27. The van der Waals surface area contributed by atoms with Gasteiger partial charge in [-0.3, -0.25) is 0 Å². The fraction of sp³-hybridized carbons (Fsp3) is 0.417. The molecule has 2 rings (SSSR count). The molecule has 0 aliphatic rings. The van der Waals surface area contributed by atoms with Crippen molar-refractivity contribution in [2.24, 2.45) is 7.05 Å². The van der Waals surface area contributed by atoms with Crippen LogP contribution in [-0.4, -0.2) is 16.1 Å². The van der Waals surface area contributed by atoms with Gasteiger partial charge in [0.05, 0.1) is 0 Å². The van der Waals surface area contributed by atoms with Crippen LogP contribution in [0.2, 0.25) is 0 Å². The zero-order chi connectivity index (χ0) is 11.4. The summed E-state index contributed by atoms with van der Waals surface area (Å²) in [6, 6.07) is 4.69. The summed E-state index contributed by atoms with van der Waals surface area (Å²) >= 11 is 1.80. The zero-order valence-corrected chi connectivity index (χ0v) is 10.5. The number of aromatic nitrogens is 2. The second-order valence-electron chi connectivity index (χ2n) is 3.90. The molecule has 0 aliphatic carbocycles. The Morgan fingerprint density at radius 2 is 2.44 bits per heavy atom. The van der Waals surface area contributed by atoms with Gasteiger partial charge in [-0.05, 0) is 18.4 Å². The van der Waals surface area contributed by atoms with Crippen molar-refractivity contribution in [3.05, 3.63) is 40.6 Å². The molecule has 0 saturated heterocycles. The highest BCUT2D eigenvalue weighted by Gasteiger charge is 2.05. The van der Waals surface area contributed by atoms with E-state index in [1.165, 1.54) is 4.88 Å². The summed E-state index contributed by atoms with van der Waals surface area (Å²) in [5.74, 6) is 1.13. The van der Waals surface area contributed by atoms with Crippen molar-refractivity contribution in [2.45, 2.75) is 19.4 Å². The molecule has 0 spiro atoms. The van der Waals surface area contributed by atoms with Crippen molar-refractivity contribution < 1.29 is 0 Å². The Hall–Kier alpha value is -1.13. The number of imidazole rings is 1. The predicted octanol–water partition coefficient (Wildman–Crippen LogP) is 2.37. The van der Waals surface area contributed by atoms with E-state index in [1.54, 1.807) is 11.3 Å². The Morgan fingerprint density at radius 3 is 3.06 bits per heavy atom. The highest BCUT2D eigenvalue weighted by molar-refractivity contribution is 7.10. The maximum atomic E-state index is 4.30. The second-order valence-corrected chi connectivity index (χ2v) is 4.87. The molecule has 86 valence electrons. The standard InChI is InChI=1S/C12H17N3S/c1-10(11-4-3-9-16-11)13-6-5-12-14-7-8-15(12)2/h3-4,7-10,13H,5-6H2,1-2H3/t10-/m1/s1. The van der Waals surface area contributed by atoms with E-state index in [-0.39, 0.29) is 0 Å². The third kappa shape index (κ3) is 2.71. The van der Waals surface area contributed by atoms with Crippen molar-refractivity contribution in [2.75, 3.05) is 6.54 Å². The SMILES string of the molecule is C[C@@H](NCCc1nccn1C)c1cccs1. The molecular weight excluding hydrogens is 218 g/mol. The summed E-state index contributed by atoms with van der Waals surface area (Å²) in [6.07, 6.45) is 4.80. The first-order valence-electron chi connectivity index (χ1n) is 5.50. The number of hydrogen-bond acceptors (Lipinski definition) is 3. The number of rotatable bonds is 5. The minimum absolute atomic E-state index is 0.431. The van der Waals surface area contributed by atoms with E-state index in [2.05, 4.69) is 39.3 Å². The molecule has 1 atom stereocenters. The van der Waals surface area contributed by atoms with Crippen LogP contribution in [0.5, 0.6) is 0 Å². The molecule has 4 heteroatoms. The largest absolute Gasteiger partial charge is 0.338 e. The summed E-state index contributed by atoms with van der Waals surface area (Å²) < 4.78 is 2.07. The molecule has 0 fully saturated rings. The van der Waals surface area contributed by atoms with Gasteiger partial charge in [0.15, 0.2) is 0 Å². The van der Waals surface area contributed by atoms with Gasteiger partial charge in [0.25, 0.3) is 0 Å². The van der Waals surface area contributed by atoms with Gasteiger partial charge < -0.3 is 9.88 Å². The lowest BCUT2D eigenvalue weighted by molar-refractivity contribution is 0.572. The minimum atomic E-state index is 0.431. The van der Waals surface area contributed by atoms with E-state index in [1.807, 2.05) is 19.4 Å². The van der Waals surface area contributed by atoms with Crippen LogP contribution >= 0.6 is 11.3 Å². The van der Waals surface area contributed by atoms with E-state index >= 15 is 0 Å². The van der Waals surface area contributed by atoms with Crippen LogP contribution in [0.4, 0.5) is 0 Å². The quantitative estimate of drug-likeness (QED) is 0.862. The van der Waals surface area contributed by atoms with Crippen LogP contribution in [0.15, 0.2) is 29.9 Å². The minimum Gasteiger partial charge on any atom is -0.338 e. The summed E-state index contributed by atoms with van der Waals surface area (Å²) in [7, 11) is 2.03. The lowest BCUT2D eigenvalue weighted by Crippen LogP contribution is -2.21. The van der Waals surface area contributed by atoms with Gasteiger partial charge in [-0.25, -0.2) is 4.98 Å². The summed E-state index contributed by atoms with van der Waals surface area (Å²) in [5, 5.41) is 5.62. The number of aryl methyl sites for hydroxylation is 1. The van der Waals surface area contributed by atoms with Crippen molar-refractivity contribution in [3.8, 4) is 0 Å². The number of hydrogen-bond donors (Lipinski definition) is 1. The molecule has 0 amide bonds. The van der Waals surface area contributed by atoms with Crippen LogP contribution in [0.3, 0.4) is 0 Å². The van der Waals surface area contributed by atoms with Crippen molar-refractivity contribution >= 4 is 11.3 Å². The van der Waals surface area contributed by atoms with Crippen LogP contribution in [0.25, 0.3) is 0 Å². The number of nitrogens with one attached hydrogen (secondary N) is 1. The van der Waals surface area contributed by atoms with Gasteiger partial charge in [-0.1, -0.05) is 6.07 Å². The monoisotopic (exact) mass is 235 g/mol. The first kappa shape index (κ1) is 11.4. The van der Waals surface area contributed by atoms with Crippen LogP contribution in [-0.2, 0) is 13.5 Å². The fourth-order valence-corrected chi connectivity index (χ4v) is 2.43. The molecule has 0 aromatic carbocycles. The molecule has 3 nitrogen and oxygen atoms in total. The Labute approximate surface area is 100 Å². The van der Waals surface area contributed by atoms with Gasteiger partial charge in [0, 0.05) is 43.3 Å². The summed E-state index contributed by atoms with van der Waals surface area (Å²) in [4.78, 5) is 5.69. The molecular formula is C12H17N3S. The number of nitrogens with zero attached hydrogens (tertiary/aromatic N) is 2. The average Bonchev–Trinajstić information content (AvgIpc) is 2.90. The lowest BCUT2D eigenvalue weighted by atomic mass is 10.2. The molecule has 2 heterocycles. The predicted molar refractivity (Wildman–Crippen MR) is 67.6 cm³/mol. The molecule has 0 radical (unpaired) electrons. The molecule has 16 heavy (non-hydrogen) atoms. The normalized spacial score (nSPS) is 12.9. The number of thiophene rings is 1. The lowest BCUT2D eigenvalue weighted by Gasteiger charge is -2.11. The van der Waals surface area contributed by atoms with E-state index in [9.17, 15) is 0 Å². The van der Waals surface area contributed by atoms with Gasteiger partial charge >= 0.3 is 0 Å². The zero-order valence-electron chi connectivity index (χ0n) is 9.68. The van der Waals surface area contributed by atoms with Crippen LogP contribution < -0.4 is 5.32 Å². The Kier molecular flexibility index (Phi) is 3.74. The summed E-state index contributed by atoms with van der Waals surface area (Å²) in [5.41, 5.74) is 0. The van der Waals surface area contributed by atoms with Gasteiger partial charge in [0.2, 0.25) is 0 Å². The van der Waals surface area contributed by atoms with Gasteiger partial charge in [0.1, 0.15) is 5.82 Å². The highest BCUT2D eigenvalue weighted by atomic mass is 32.1. The maximum absolute atomic E-state index is 4.30. The Morgan fingerprint density at radius 1 is 1.56 bits per heavy atom. The van der Waals surface area contributed by atoms with E-state index < -0.39 is 0 Å². The molecule has 0 unspecified atom stereocenters. The van der Waals surface area contributed by atoms with Crippen LogP contribution in [0.1, 0.15) is 23.7 Å². The van der Waals surface area contributed by atoms with E-state index in [0.29, 0.717) is 6.04 Å². The van der Waals surface area contributed by atoms with Gasteiger partial charge in [-0.15, -0.1) is 11.3 Å². The summed E-state index contributed by atoms with van der Waals surface area (Å²) in [6.45, 7) is 3.16.